The number of hydrogen-bond acceptors (Lipinski definition) is 4. The number of Topliss-reactive ketones (excluding diaryl/α,β-unsaturated/α-hetero) is 1. The number of benzene rings is 1. The zero-order valence-corrected chi connectivity index (χ0v) is 13.7. The van der Waals surface area contributed by atoms with Crippen molar-refractivity contribution in [3.05, 3.63) is 39.7 Å². The second kappa shape index (κ2) is 5.78. The fourth-order valence-corrected chi connectivity index (χ4v) is 3.38. The number of ketones is 1. The zero-order chi connectivity index (χ0) is 15.9. The summed E-state index contributed by atoms with van der Waals surface area (Å²) < 4.78 is 0. The number of hydrogen-bond donors (Lipinski definition) is 2. The van der Waals surface area contributed by atoms with Crippen LogP contribution in [0.5, 0.6) is 0 Å². The molecule has 114 valence electrons. The number of nitrogens with one attached hydrogen (secondary N) is 2. The minimum Gasteiger partial charge on any atom is -0.337 e. The van der Waals surface area contributed by atoms with Gasteiger partial charge in [-0.2, -0.15) is 0 Å². The first-order chi connectivity index (χ1) is 10.4. The van der Waals surface area contributed by atoms with Crippen LogP contribution in [0, 0.1) is 13.8 Å². The number of anilines is 1. The van der Waals surface area contributed by atoms with Gasteiger partial charge in [-0.15, -0.1) is 0 Å². The van der Waals surface area contributed by atoms with Gasteiger partial charge in [-0.05, 0) is 31.5 Å². The van der Waals surface area contributed by atoms with Crippen LogP contribution in [0.3, 0.4) is 0 Å². The van der Waals surface area contributed by atoms with Gasteiger partial charge in [0.15, 0.2) is 10.9 Å². The molecule has 1 aliphatic heterocycles. The highest BCUT2D eigenvalue weighted by Gasteiger charge is 2.22. The normalized spacial score (nSPS) is 13.1. The summed E-state index contributed by atoms with van der Waals surface area (Å²) in [5, 5.41) is 3.80. The highest BCUT2D eigenvalue weighted by molar-refractivity contribution is 7.99. The van der Waals surface area contributed by atoms with Crippen molar-refractivity contribution in [2.24, 2.45) is 0 Å². The summed E-state index contributed by atoms with van der Waals surface area (Å²) in [6.45, 7) is 3.86. The molecule has 22 heavy (non-hydrogen) atoms. The molecule has 2 aromatic rings. The number of carbonyl (C=O) groups is 2. The van der Waals surface area contributed by atoms with Gasteiger partial charge < -0.3 is 10.3 Å². The molecule has 3 rings (SSSR count). The van der Waals surface area contributed by atoms with E-state index in [0.717, 1.165) is 22.1 Å². The Bertz CT molecular complexity index is 766. The monoisotopic (exact) mass is 335 g/mol. The van der Waals surface area contributed by atoms with Crippen molar-refractivity contribution in [2.75, 3.05) is 11.1 Å². The van der Waals surface area contributed by atoms with E-state index in [1.54, 1.807) is 12.1 Å². The second-order valence-corrected chi connectivity index (χ2v) is 6.55. The molecular weight excluding hydrogens is 322 g/mol. The van der Waals surface area contributed by atoms with E-state index in [4.69, 9.17) is 11.6 Å². The number of H-pyrrole nitrogens is 1. The summed E-state index contributed by atoms with van der Waals surface area (Å²) >= 11 is 7.50. The molecule has 5 nitrogen and oxygen atoms in total. The Hall–Kier alpha value is -1.79. The molecule has 0 unspecified atom stereocenters. The van der Waals surface area contributed by atoms with E-state index in [9.17, 15) is 9.59 Å². The lowest BCUT2D eigenvalue weighted by Crippen LogP contribution is -2.04. The molecule has 1 aromatic heterocycles. The Labute approximate surface area is 136 Å². The van der Waals surface area contributed by atoms with Crippen molar-refractivity contribution >= 4 is 40.7 Å². The molecular formula is C15H14ClN3O2S. The Balaban J connectivity index is 1.75. The molecule has 1 aliphatic rings. The van der Waals surface area contributed by atoms with Crippen LogP contribution in [-0.2, 0) is 11.2 Å². The fraction of sp³-hybridized carbons (Fsp3) is 0.267. The highest BCUT2D eigenvalue weighted by atomic mass is 35.5. The predicted molar refractivity (Wildman–Crippen MR) is 86.9 cm³/mol. The average molecular weight is 336 g/mol. The van der Waals surface area contributed by atoms with E-state index < -0.39 is 0 Å². The summed E-state index contributed by atoms with van der Waals surface area (Å²) in [4.78, 5) is 31.2. The van der Waals surface area contributed by atoms with Crippen molar-refractivity contribution in [3.63, 3.8) is 0 Å². The number of thioether (sulfide) groups is 1. The van der Waals surface area contributed by atoms with Gasteiger partial charge >= 0.3 is 0 Å². The Morgan fingerprint density at radius 3 is 2.86 bits per heavy atom. The first kappa shape index (κ1) is 15.1. The number of amides is 1. The molecule has 0 fully saturated rings. The number of aromatic nitrogens is 2. The third-order valence-corrected chi connectivity index (χ3v) is 4.75. The van der Waals surface area contributed by atoms with E-state index >= 15 is 0 Å². The highest BCUT2D eigenvalue weighted by Crippen LogP contribution is 2.31. The largest absolute Gasteiger partial charge is 0.337 e. The zero-order valence-electron chi connectivity index (χ0n) is 12.1. The number of halogens is 1. The maximum atomic E-state index is 12.4. The lowest BCUT2D eigenvalue weighted by molar-refractivity contribution is -0.115. The van der Waals surface area contributed by atoms with E-state index in [0.29, 0.717) is 16.3 Å². The number of rotatable bonds is 4. The molecule has 0 aliphatic carbocycles. The number of aryl methyl sites for hydroxylation is 2. The molecule has 0 atom stereocenters. The Morgan fingerprint density at radius 2 is 2.18 bits per heavy atom. The smallest absolute Gasteiger partial charge is 0.228 e. The van der Waals surface area contributed by atoms with Crippen molar-refractivity contribution < 1.29 is 9.59 Å². The first-order valence-electron chi connectivity index (χ1n) is 6.75. The first-order valence-corrected chi connectivity index (χ1v) is 8.12. The van der Waals surface area contributed by atoms with Crippen molar-refractivity contribution in [1.82, 2.24) is 9.97 Å². The second-order valence-electron chi connectivity index (χ2n) is 5.18. The summed E-state index contributed by atoms with van der Waals surface area (Å²) in [5.74, 6) is 0.0853. The maximum Gasteiger partial charge on any atom is 0.228 e. The van der Waals surface area contributed by atoms with E-state index in [2.05, 4.69) is 15.3 Å². The van der Waals surface area contributed by atoms with Crippen LogP contribution in [-0.4, -0.2) is 27.4 Å². The Kier molecular flexibility index (Phi) is 3.97. The number of aromatic amines is 1. The number of nitrogens with zero attached hydrogens (tertiary/aromatic N) is 1. The number of imidazole rings is 1. The van der Waals surface area contributed by atoms with Crippen LogP contribution in [0.1, 0.15) is 27.3 Å². The van der Waals surface area contributed by atoms with E-state index in [1.165, 1.54) is 11.8 Å². The van der Waals surface area contributed by atoms with Crippen LogP contribution in [0.4, 0.5) is 5.69 Å². The van der Waals surface area contributed by atoms with Gasteiger partial charge in [0.1, 0.15) is 0 Å². The molecule has 0 bridgehead atoms. The summed E-state index contributed by atoms with van der Waals surface area (Å²) in [6, 6.07) is 3.35. The van der Waals surface area contributed by atoms with Gasteiger partial charge in [0.2, 0.25) is 5.91 Å². The minimum absolute atomic E-state index is 0.0772. The molecule has 1 amide bonds. The quantitative estimate of drug-likeness (QED) is 0.665. The van der Waals surface area contributed by atoms with Crippen LogP contribution < -0.4 is 5.32 Å². The molecule has 1 aromatic carbocycles. The van der Waals surface area contributed by atoms with Crippen LogP contribution in [0.25, 0.3) is 0 Å². The van der Waals surface area contributed by atoms with Gasteiger partial charge in [-0.3, -0.25) is 9.59 Å². The summed E-state index contributed by atoms with van der Waals surface area (Å²) in [7, 11) is 0. The molecule has 2 heterocycles. The third kappa shape index (κ3) is 2.89. The SMILES string of the molecule is Cc1nc(SCC(=O)c2cc3c(cc2Cl)NC(=O)C3)[nH]c1C. The maximum absolute atomic E-state index is 12.4. The molecule has 0 radical (unpaired) electrons. The van der Waals surface area contributed by atoms with Gasteiger partial charge in [0.25, 0.3) is 0 Å². The van der Waals surface area contributed by atoms with Gasteiger partial charge in [-0.25, -0.2) is 4.98 Å². The topological polar surface area (TPSA) is 74.8 Å². The van der Waals surface area contributed by atoms with Crippen LogP contribution in [0.2, 0.25) is 5.02 Å². The van der Waals surface area contributed by atoms with Crippen LogP contribution >= 0.6 is 23.4 Å². The van der Waals surface area contributed by atoms with Crippen molar-refractivity contribution in [1.29, 1.82) is 0 Å². The van der Waals surface area contributed by atoms with Gasteiger partial charge in [-0.1, -0.05) is 23.4 Å². The predicted octanol–water partition coefficient (Wildman–Crippen LogP) is 3.15. The van der Waals surface area contributed by atoms with E-state index in [1.807, 2.05) is 13.8 Å². The van der Waals surface area contributed by atoms with E-state index in [-0.39, 0.29) is 23.9 Å². The molecule has 2 N–H and O–H groups in total. The minimum atomic E-state index is -0.0798. The Morgan fingerprint density at radius 1 is 1.41 bits per heavy atom. The lowest BCUT2D eigenvalue weighted by atomic mass is 10.1. The summed E-state index contributed by atoms with van der Waals surface area (Å²) in [5.41, 5.74) is 3.87. The van der Waals surface area contributed by atoms with Gasteiger partial charge in [0.05, 0.1) is 22.9 Å². The van der Waals surface area contributed by atoms with Crippen LogP contribution in [0.15, 0.2) is 17.3 Å². The number of fused-ring (bicyclic) bond motifs is 1. The standard InChI is InChI=1S/C15H14ClN3O2S/c1-7-8(2)18-15(17-7)22-6-13(20)10-3-9-4-14(21)19-12(9)5-11(10)16/h3,5H,4,6H2,1-2H3,(H,17,18)(H,19,21). The molecule has 0 saturated carbocycles. The third-order valence-electron chi connectivity index (χ3n) is 3.56. The fourth-order valence-electron chi connectivity index (χ4n) is 2.26. The average Bonchev–Trinajstić information content (AvgIpc) is 2.97. The van der Waals surface area contributed by atoms with Crippen molar-refractivity contribution in [3.8, 4) is 0 Å². The number of carbonyl (C=O) groups excluding carboxylic acids is 2. The molecule has 0 saturated heterocycles. The van der Waals surface area contributed by atoms with Crippen molar-refractivity contribution in [2.45, 2.75) is 25.4 Å². The molecule has 0 spiro atoms. The van der Waals surface area contributed by atoms with Gasteiger partial charge in [0, 0.05) is 16.9 Å². The molecule has 7 heteroatoms. The summed E-state index contributed by atoms with van der Waals surface area (Å²) in [6.07, 6.45) is 0.288. The lowest BCUT2D eigenvalue weighted by Gasteiger charge is -2.06.